The molecule has 1 nitrogen and oxygen atoms in total. The molecule has 0 aliphatic rings. The maximum Gasteiger partial charge on any atom is 0.101 e. The van der Waals surface area contributed by atoms with Crippen LogP contribution in [0.1, 0.15) is 12.5 Å². The number of hydrogen-bond acceptors (Lipinski definition) is 1. The van der Waals surface area contributed by atoms with E-state index >= 15 is 0 Å². The summed E-state index contributed by atoms with van der Waals surface area (Å²) in [7, 11) is 0. The lowest BCUT2D eigenvalue weighted by atomic mass is 10.1. The highest BCUT2D eigenvalue weighted by Gasteiger charge is 1.99. The highest BCUT2D eigenvalue weighted by molar-refractivity contribution is 5.40. The van der Waals surface area contributed by atoms with E-state index < -0.39 is 6.17 Å². The fourth-order valence-corrected chi connectivity index (χ4v) is 1.04. The Morgan fingerprint density at radius 1 is 1.55 bits per heavy atom. The van der Waals surface area contributed by atoms with Crippen molar-refractivity contribution in [2.75, 3.05) is 5.73 Å². The van der Waals surface area contributed by atoms with E-state index in [1.807, 2.05) is 12.1 Å². The average molecular weight is 153 g/mol. The number of halogens is 1. The molecule has 1 atom stereocenters. The molecular formula is C9H12FN. The van der Waals surface area contributed by atoms with E-state index in [1.54, 1.807) is 19.1 Å². The number of nitrogens with two attached hydrogens (primary N) is 1. The van der Waals surface area contributed by atoms with Crippen LogP contribution in [0.5, 0.6) is 0 Å². The SMILES string of the molecule is CC(F)Cc1cccc(N)c1. The van der Waals surface area contributed by atoms with Crippen LogP contribution in [0.15, 0.2) is 24.3 Å². The molecule has 0 radical (unpaired) electrons. The number of rotatable bonds is 2. The molecule has 2 N–H and O–H groups in total. The van der Waals surface area contributed by atoms with E-state index in [1.165, 1.54) is 0 Å². The molecule has 0 spiro atoms. The van der Waals surface area contributed by atoms with Crippen LogP contribution in [0.2, 0.25) is 0 Å². The van der Waals surface area contributed by atoms with Gasteiger partial charge in [0.15, 0.2) is 0 Å². The number of alkyl halides is 1. The standard InChI is InChI=1S/C9H12FN/c1-7(10)5-8-3-2-4-9(11)6-8/h2-4,6-7H,5,11H2,1H3. The van der Waals surface area contributed by atoms with E-state index in [0.29, 0.717) is 12.1 Å². The van der Waals surface area contributed by atoms with Crippen molar-refractivity contribution in [3.8, 4) is 0 Å². The molecule has 0 saturated heterocycles. The lowest BCUT2D eigenvalue weighted by Crippen LogP contribution is -1.98. The number of benzene rings is 1. The van der Waals surface area contributed by atoms with Gasteiger partial charge in [0.05, 0.1) is 0 Å². The molecule has 1 aromatic rings. The van der Waals surface area contributed by atoms with Crippen LogP contribution >= 0.6 is 0 Å². The lowest BCUT2D eigenvalue weighted by molar-refractivity contribution is 0.360. The van der Waals surface area contributed by atoms with Gasteiger partial charge in [0, 0.05) is 12.1 Å². The molecule has 0 aliphatic heterocycles. The average Bonchev–Trinajstić information content (AvgIpc) is 1.85. The van der Waals surface area contributed by atoms with Crippen LogP contribution < -0.4 is 5.73 Å². The second kappa shape index (κ2) is 3.37. The Bertz CT molecular complexity index is 233. The van der Waals surface area contributed by atoms with Crippen molar-refractivity contribution < 1.29 is 4.39 Å². The molecule has 0 fully saturated rings. The highest BCUT2D eigenvalue weighted by Crippen LogP contribution is 2.09. The molecule has 2 heteroatoms. The van der Waals surface area contributed by atoms with E-state index in [2.05, 4.69) is 0 Å². The maximum absolute atomic E-state index is 12.5. The Balaban J connectivity index is 2.71. The van der Waals surface area contributed by atoms with Crippen molar-refractivity contribution in [3.63, 3.8) is 0 Å². The van der Waals surface area contributed by atoms with Gasteiger partial charge in [-0.3, -0.25) is 0 Å². The van der Waals surface area contributed by atoms with Crippen molar-refractivity contribution in [2.24, 2.45) is 0 Å². The second-order valence-electron chi connectivity index (χ2n) is 2.73. The zero-order chi connectivity index (χ0) is 8.27. The van der Waals surface area contributed by atoms with Crippen molar-refractivity contribution >= 4 is 5.69 Å². The van der Waals surface area contributed by atoms with Gasteiger partial charge in [-0.05, 0) is 24.6 Å². The molecule has 0 heterocycles. The third-order valence-corrected chi connectivity index (χ3v) is 1.47. The Hall–Kier alpha value is -1.05. The fourth-order valence-electron chi connectivity index (χ4n) is 1.04. The highest BCUT2D eigenvalue weighted by atomic mass is 19.1. The predicted octanol–water partition coefficient (Wildman–Crippen LogP) is 2.17. The van der Waals surface area contributed by atoms with Gasteiger partial charge in [-0.25, -0.2) is 4.39 Å². The first-order chi connectivity index (χ1) is 5.18. The molecule has 1 unspecified atom stereocenters. The van der Waals surface area contributed by atoms with Crippen molar-refractivity contribution in [2.45, 2.75) is 19.5 Å². The summed E-state index contributed by atoms with van der Waals surface area (Å²) in [6.45, 7) is 1.54. The van der Waals surface area contributed by atoms with Gasteiger partial charge in [-0.2, -0.15) is 0 Å². The molecule has 0 bridgehead atoms. The summed E-state index contributed by atoms with van der Waals surface area (Å²) in [5.41, 5.74) is 7.17. The van der Waals surface area contributed by atoms with Gasteiger partial charge in [-0.15, -0.1) is 0 Å². The van der Waals surface area contributed by atoms with Gasteiger partial charge in [0.25, 0.3) is 0 Å². The second-order valence-corrected chi connectivity index (χ2v) is 2.73. The van der Waals surface area contributed by atoms with E-state index in [9.17, 15) is 4.39 Å². The van der Waals surface area contributed by atoms with Gasteiger partial charge >= 0.3 is 0 Å². The summed E-state index contributed by atoms with van der Waals surface area (Å²) in [6, 6.07) is 7.32. The first kappa shape index (κ1) is 8.05. The van der Waals surface area contributed by atoms with E-state index in [4.69, 9.17) is 5.73 Å². The van der Waals surface area contributed by atoms with Crippen molar-refractivity contribution in [1.82, 2.24) is 0 Å². The third kappa shape index (κ3) is 2.58. The molecule has 0 saturated carbocycles. The Morgan fingerprint density at radius 2 is 2.27 bits per heavy atom. The van der Waals surface area contributed by atoms with E-state index in [-0.39, 0.29) is 0 Å². The summed E-state index contributed by atoms with van der Waals surface area (Å²) in [5, 5.41) is 0. The van der Waals surface area contributed by atoms with Crippen LogP contribution in [0.25, 0.3) is 0 Å². The van der Waals surface area contributed by atoms with Crippen LogP contribution in [0, 0.1) is 0 Å². The summed E-state index contributed by atoms with van der Waals surface area (Å²) in [6.07, 6.45) is -0.345. The van der Waals surface area contributed by atoms with Crippen molar-refractivity contribution in [3.05, 3.63) is 29.8 Å². The predicted molar refractivity (Wildman–Crippen MR) is 45.1 cm³/mol. The van der Waals surface area contributed by atoms with Gasteiger partial charge < -0.3 is 5.73 Å². The zero-order valence-corrected chi connectivity index (χ0v) is 6.55. The topological polar surface area (TPSA) is 26.0 Å². The quantitative estimate of drug-likeness (QED) is 0.647. The van der Waals surface area contributed by atoms with Gasteiger partial charge in [0.1, 0.15) is 6.17 Å². The smallest absolute Gasteiger partial charge is 0.101 e. The third-order valence-electron chi connectivity index (χ3n) is 1.47. The monoisotopic (exact) mass is 153 g/mol. The molecule has 1 aromatic carbocycles. The Morgan fingerprint density at radius 3 is 2.82 bits per heavy atom. The summed E-state index contributed by atoms with van der Waals surface area (Å²) in [4.78, 5) is 0. The minimum Gasteiger partial charge on any atom is -0.399 e. The first-order valence-corrected chi connectivity index (χ1v) is 3.67. The molecule has 0 aromatic heterocycles. The number of anilines is 1. The first-order valence-electron chi connectivity index (χ1n) is 3.67. The Labute approximate surface area is 66.0 Å². The molecule has 1 rings (SSSR count). The molecule has 0 aliphatic carbocycles. The summed E-state index contributed by atoms with van der Waals surface area (Å²) < 4.78 is 12.5. The van der Waals surface area contributed by atoms with E-state index in [0.717, 1.165) is 5.56 Å². The lowest BCUT2D eigenvalue weighted by Gasteiger charge is -2.02. The maximum atomic E-state index is 12.5. The summed E-state index contributed by atoms with van der Waals surface area (Å²) in [5.74, 6) is 0. The van der Waals surface area contributed by atoms with Crippen LogP contribution in [0.4, 0.5) is 10.1 Å². The molecule has 0 amide bonds. The van der Waals surface area contributed by atoms with Gasteiger partial charge in [0.2, 0.25) is 0 Å². The van der Waals surface area contributed by atoms with Crippen molar-refractivity contribution in [1.29, 1.82) is 0 Å². The normalized spacial score (nSPS) is 12.9. The molecule has 60 valence electrons. The fraction of sp³-hybridized carbons (Fsp3) is 0.333. The number of nitrogen functional groups attached to an aromatic ring is 1. The summed E-state index contributed by atoms with van der Waals surface area (Å²) >= 11 is 0. The minimum absolute atomic E-state index is 0.449. The largest absolute Gasteiger partial charge is 0.399 e. The zero-order valence-electron chi connectivity index (χ0n) is 6.55. The van der Waals surface area contributed by atoms with Crippen LogP contribution in [-0.2, 0) is 6.42 Å². The molecule has 11 heavy (non-hydrogen) atoms. The molecular weight excluding hydrogens is 141 g/mol. The van der Waals surface area contributed by atoms with Crippen LogP contribution in [-0.4, -0.2) is 6.17 Å². The van der Waals surface area contributed by atoms with Crippen LogP contribution in [0.3, 0.4) is 0 Å². The minimum atomic E-state index is -0.795. The Kier molecular flexibility index (Phi) is 2.47. The van der Waals surface area contributed by atoms with Gasteiger partial charge in [-0.1, -0.05) is 12.1 Å². The number of hydrogen-bond donors (Lipinski definition) is 1.